The van der Waals surface area contributed by atoms with E-state index in [1.807, 2.05) is 11.8 Å². The molecule has 0 aliphatic carbocycles. The van der Waals surface area contributed by atoms with Crippen LogP contribution < -0.4 is 0 Å². The lowest BCUT2D eigenvalue weighted by Gasteiger charge is -2.02. The molecule has 0 aromatic heterocycles. The zero-order valence-electron chi connectivity index (χ0n) is 8.12. The summed E-state index contributed by atoms with van der Waals surface area (Å²) in [5.41, 5.74) is 0. The van der Waals surface area contributed by atoms with E-state index >= 15 is 0 Å². The molecule has 0 rings (SSSR count). The van der Waals surface area contributed by atoms with Crippen molar-refractivity contribution in [1.82, 2.24) is 0 Å². The molecule has 0 aromatic rings. The highest BCUT2D eigenvalue weighted by Crippen LogP contribution is 2.27. The van der Waals surface area contributed by atoms with Gasteiger partial charge in [-0.3, -0.25) is 0 Å². The summed E-state index contributed by atoms with van der Waals surface area (Å²) in [4.78, 5) is 0. The second kappa shape index (κ2) is 11.4. The van der Waals surface area contributed by atoms with Gasteiger partial charge in [-0.25, -0.2) is 0 Å². The largest absolute Gasteiger partial charge is 0.344 e. The molecule has 0 amide bonds. The monoisotopic (exact) mass is 258 g/mol. The van der Waals surface area contributed by atoms with Gasteiger partial charge in [0.05, 0.1) is 6.61 Å². The molecule has 0 saturated carbocycles. The maximum atomic E-state index is 5.24. The molecule has 1 unspecified atom stereocenters. The fourth-order valence-corrected chi connectivity index (χ4v) is 2.76. The van der Waals surface area contributed by atoms with E-state index in [0.29, 0.717) is 0 Å². The molecule has 1 atom stereocenters. The Balaban J connectivity index is 2.87. The summed E-state index contributed by atoms with van der Waals surface area (Å²) >= 11 is 11.0. The van der Waals surface area contributed by atoms with Crippen LogP contribution in [0.3, 0.4) is 0 Å². The Bertz CT molecular complexity index is 133. The number of thioether (sulfide) groups is 1. The van der Waals surface area contributed by atoms with Gasteiger partial charge < -0.3 is 4.52 Å². The zero-order chi connectivity index (χ0) is 9.94. The highest BCUT2D eigenvalue weighted by molar-refractivity contribution is 8.54. The third-order valence-electron chi connectivity index (χ3n) is 1.55. The summed E-state index contributed by atoms with van der Waals surface area (Å²) in [5.74, 6) is 2.56. The van der Waals surface area contributed by atoms with Gasteiger partial charge in [-0.2, -0.15) is 11.8 Å². The number of rotatable bonds is 9. The molecule has 0 aliphatic heterocycles. The van der Waals surface area contributed by atoms with Gasteiger partial charge in [0.15, 0.2) is 0 Å². The molecule has 0 heterocycles. The van der Waals surface area contributed by atoms with E-state index in [1.54, 1.807) is 0 Å². The summed E-state index contributed by atoms with van der Waals surface area (Å²) in [5, 5.41) is 0. The molecule has 0 saturated heterocycles. The molecule has 5 heteroatoms. The lowest BCUT2D eigenvalue weighted by Crippen LogP contribution is -1.88. The predicted molar refractivity (Wildman–Crippen MR) is 72.1 cm³/mol. The molecule has 0 aliphatic rings. The van der Waals surface area contributed by atoms with Crippen LogP contribution in [0.15, 0.2) is 0 Å². The van der Waals surface area contributed by atoms with E-state index in [9.17, 15) is 0 Å². The summed E-state index contributed by atoms with van der Waals surface area (Å²) in [7, 11) is 0. The van der Waals surface area contributed by atoms with Crippen LogP contribution in [-0.4, -0.2) is 18.1 Å². The lowest BCUT2D eigenvalue weighted by atomic mass is 10.4. The van der Waals surface area contributed by atoms with Crippen molar-refractivity contribution in [2.24, 2.45) is 0 Å². The number of unbranched alkanes of at least 4 members (excludes halogenated alkanes) is 2. The standard InChI is InChI=1S/C8H19OPS3/c1-2-3-7-13-8-5-4-6-9-10(11)12/h10H,2-8H2,1H3,(H,11,12). The first-order valence-corrected chi connectivity index (χ1v) is 9.69. The molecule has 0 radical (unpaired) electrons. The molecule has 0 fully saturated rings. The Morgan fingerprint density at radius 1 is 1.31 bits per heavy atom. The third kappa shape index (κ3) is 13.3. The van der Waals surface area contributed by atoms with Crippen molar-refractivity contribution >= 4 is 41.9 Å². The van der Waals surface area contributed by atoms with E-state index < -0.39 is 6.13 Å². The highest BCUT2D eigenvalue weighted by Gasteiger charge is 1.91. The molecule has 80 valence electrons. The van der Waals surface area contributed by atoms with Crippen LogP contribution >= 0.6 is 30.1 Å². The fraction of sp³-hybridized carbons (Fsp3) is 1.00. The minimum absolute atomic E-state index is 0.801. The normalized spacial score (nSPS) is 13.1. The molecular formula is C8H19OPS3. The first kappa shape index (κ1) is 14.3. The van der Waals surface area contributed by atoms with E-state index in [1.165, 1.54) is 30.8 Å². The van der Waals surface area contributed by atoms with Gasteiger partial charge in [-0.15, -0.1) is 12.2 Å². The maximum absolute atomic E-state index is 5.24. The molecular weight excluding hydrogens is 239 g/mol. The Kier molecular flexibility index (Phi) is 12.5. The summed E-state index contributed by atoms with van der Waals surface area (Å²) in [6, 6.07) is 0. The second-order valence-electron chi connectivity index (χ2n) is 2.79. The topological polar surface area (TPSA) is 9.23 Å². The second-order valence-corrected chi connectivity index (χ2v) is 8.07. The van der Waals surface area contributed by atoms with Crippen LogP contribution in [0, 0.1) is 0 Å². The lowest BCUT2D eigenvalue weighted by molar-refractivity contribution is 0.358. The van der Waals surface area contributed by atoms with Gasteiger partial charge >= 0.3 is 0 Å². The molecule has 13 heavy (non-hydrogen) atoms. The van der Waals surface area contributed by atoms with Crippen molar-refractivity contribution in [1.29, 1.82) is 0 Å². The van der Waals surface area contributed by atoms with Crippen molar-refractivity contribution in [2.45, 2.75) is 32.6 Å². The molecule has 0 spiro atoms. The first-order chi connectivity index (χ1) is 6.27. The SMILES string of the molecule is CCCCSCCCCO[PH](=S)S. The van der Waals surface area contributed by atoms with Gasteiger partial charge in [0.2, 0.25) is 0 Å². The summed E-state index contributed by atoms with van der Waals surface area (Å²) in [6.07, 6.45) is 3.85. The Hall–Kier alpha value is 1.31. The zero-order valence-corrected chi connectivity index (χ0v) is 11.6. The van der Waals surface area contributed by atoms with Gasteiger partial charge in [0.1, 0.15) is 6.13 Å². The Labute approximate surface area is 97.1 Å². The van der Waals surface area contributed by atoms with Crippen molar-refractivity contribution < 1.29 is 4.52 Å². The van der Waals surface area contributed by atoms with E-state index in [-0.39, 0.29) is 0 Å². The minimum Gasteiger partial charge on any atom is -0.344 e. The average molecular weight is 258 g/mol. The van der Waals surface area contributed by atoms with Gasteiger partial charge in [-0.1, -0.05) is 25.2 Å². The van der Waals surface area contributed by atoms with Crippen LogP contribution in [0.1, 0.15) is 32.6 Å². The fourth-order valence-electron chi connectivity index (χ4n) is 0.814. The van der Waals surface area contributed by atoms with Crippen LogP contribution in [0.2, 0.25) is 0 Å². The van der Waals surface area contributed by atoms with Crippen LogP contribution in [0.5, 0.6) is 0 Å². The van der Waals surface area contributed by atoms with Crippen LogP contribution in [-0.2, 0) is 16.3 Å². The predicted octanol–water partition coefficient (Wildman–Crippen LogP) is 3.75. The number of hydrogen-bond acceptors (Lipinski definition) is 3. The summed E-state index contributed by atoms with van der Waals surface area (Å²) < 4.78 is 5.24. The van der Waals surface area contributed by atoms with Gasteiger partial charge in [0.25, 0.3) is 0 Å². The Morgan fingerprint density at radius 2 is 2.00 bits per heavy atom. The molecule has 0 aromatic carbocycles. The number of hydrogen-bond donors (Lipinski definition) is 1. The maximum Gasteiger partial charge on any atom is 0.104 e. The summed E-state index contributed by atoms with van der Waals surface area (Å²) in [6.45, 7) is 3.03. The van der Waals surface area contributed by atoms with E-state index in [4.69, 9.17) is 16.3 Å². The van der Waals surface area contributed by atoms with Crippen molar-refractivity contribution in [3.05, 3.63) is 0 Å². The number of thiol groups is 1. The Morgan fingerprint density at radius 3 is 2.62 bits per heavy atom. The molecule has 0 bridgehead atoms. The van der Waals surface area contributed by atoms with Crippen molar-refractivity contribution in [3.8, 4) is 0 Å². The van der Waals surface area contributed by atoms with Crippen LogP contribution in [0.25, 0.3) is 0 Å². The molecule has 1 nitrogen and oxygen atoms in total. The van der Waals surface area contributed by atoms with E-state index in [2.05, 4.69) is 19.2 Å². The molecule has 0 N–H and O–H groups in total. The van der Waals surface area contributed by atoms with Gasteiger partial charge in [-0.05, 0) is 30.8 Å². The minimum atomic E-state index is -1.16. The smallest absolute Gasteiger partial charge is 0.104 e. The van der Waals surface area contributed by atoms with E-state index in [0.717, 1.165) is 13.0 Å². The third-order valence-corrected chi connectivity index (χ3v) is 3.90. The highest BCUT2D eigenvalue weighted by atomic mass is 32.9. The quantitative estimate of drug-likeness (QED) is 0.383. The van der Waals surface area contributed by atoms with Gasteiger partial charge in [0, 0.05) is 0 Å². The van der Waals surface area contributed by atoms with Crippen LogP contribution in [0.4, 0.5) is 0 Å². The van der Waals surface area contributed by atoms with Crippen molar-refractivity contribution in [2.75, 3.05) is 18.1 Å². The average Bonchev–Trinajstić information content (AvgIpc) is 2.09. The van der Waals surface area contributed by atoms with Crippen molar-refractivity contribution in [3.63, 3.8) is 0 Å². The first-order valence-electron chi connectivity index (χ1n) is 4.70.